The molecule has 1 aliphatic rings. The van der Waals surface area contributed by atoms with E-state index in [0.29, 0.717) is 18.5 Å². The van der Waals surface area contributed by atoms with Gasteiger partial charge in [0.15, 0.2) is 0 Å². The number of ether oxygens (including phenoxy) is 1. The third kappa shape index (κ3) is 4.51. The van der Waals surface area contributed by atoms with Gasteiger partial charge in [-0.05, 0) is 23.1 Å². The van der Waals surface area contributed by atoms with E-state index >= 15 is 0 Å². The summed E-state index contributed by atoms with van der Waals surface area (Å²) in [5, 5.41) is 3.17. The largest absolute Gasteiger partial charge is 0.379 e. The monoisotopic (exact) mass is 352 g/mol. The SMILES string of the molecule is CC(C)C(CNC(=O)c1ccccc1-c1ccccc1)N1CCOCC1. The molecule has 1 N–H and O–H groups in total. The van der Waals surface area contributed by atoms with Gasteiger partial charge >= 0.3 is 0 Å². The number of hydrogen-bond acceptors (Lipinski definition) is 3. The van der Waals surface area contributed by atoms with Crippen molar-refractivity contribution in [1.82, 2.24) is 10.2 Å². The maximum atomic E-state index is 12.9. The lowest BCUT2D eigenvalue weighted by molar-refractivity contribution is 0.00673. The fraction of sp³-hybridized carbons (Fsp3) is 0.409. The van der Waals surface area contributed by atoms with Gasteiger partial charge in [0, 0.05) is 31.2 Å². The van der Waals surface area contributed by atoms with E-state index in [2.05, 4.69) is 24.1 Å². The molecular weight excluding hydrogens is 324 g/mol. The van der Waals surface area contributed by atoms with E-state index in [0.717, 1.165) is 43.0 Å². The summed E-state index contributed by atoms with van der Waals surface area (Å²) in [6, 6.07) is 18.2. The Morgan fingerprint density at radius 3 is 2.38 bits per heavy atom. The van der Waals surface area contributed by atoms with Crippen LogP contribution in [0.15, 0.2) is 54.6 Å². The summed E-state index contributed by atoms with van der Waals surface area (Å²) in [4.78, 5) is 15.3. The predicted octanol–water partition coefficient (Wildman–Crippen LogP) is 3.44. The Kier molecular flexibility index (Phi) is 6.42. The first-order chi connectivity index (χ1) is 12.7. The second-order valence-corrected chi connectivity index (χ2v) is 7.08. The van der Waals surface area contributed by atoms with E-state index in [1.807, 2.05) is 54.6 Å². The fourth-order valence-corrected chi connectivity index (χ4v) is 3.54. The van der Waals surface area contributed by atoms with Crippen molar-refractivity contribution < 1.29 is 9.53 Å². The maximum absolute atomic E-state index is 12.9. The summed E-state index contributed by atoms with van der Waals surface area (Å²) in [6.45, 7) is 8.48. The van der Waals surface area contributed by atoms with Gasteiger partial charge in [0.25, 0.3) is 5.91 Å². The van der Waals surface area contributed by atoms with E-state index in [4.69, 9.17) is 4.74 Å². The van der Waals surface area contributed by atoms with Crippen molar-refractivity contribution in [2.45, 2.75) is 19.9 Å². The average molecular weight is 352 g/mol. The summed E-state index contributed by atoms with van der Waals surface area (Å²) < 4.78 is 5.46. The molecule has 0 aliphatic carbocycles. The number of benzene rings is 2. The van der Waals surface area contributed by atoms with Crippen LogP contribution < -0.4 is 5.32 Å². The normalized spacial score (nSPS) is 16.4. The number of hydrogen-bond donors (Lipinski definition) is 1. The van der Waals surface area contributed by atoms with Gasteiger partial charge in [0.05, 0.1) is 13.2 Å². The van der Waals surface area contributed by atoms with Crippen LogP contribution in [0.3, 0.4) is 0 Å². The van der Waals surface area contributed by atoms with E-state index in [1.54, 1.807) is 0 Å². The molecule has 4 nitrogen and oxygen atoms in total. The Morgan fingerprint density at radius 2 is 1.69 bits per heavy atom. The topological polar surface area (TPSA) is 41.6 Å². The van der Waals surface area contributed by atoms with Gasteiger partial charge in [-0.2, -0.15) is 0 Å². The number of rotatable bonds is 6. The minimum absolute atomic E-state index is 0.0108. The summed E-state index contributed by atoms with van der Waals surface area (Å²) in [5.41, 5.74) is 2.76. The Hall–Kier alpha value is -2.17. The van der Waals surface area contributed by atoms with Gasteiger partial charge in [0.2, 0.25) is 0 Å². The molecule has 0 spiro atoms. The highest BCUT2D eigenvalue weighted by atomic mass is 16.5. The first kappa shape index (κ1) is 18.6. The van der Waals surface area contributed by atoms with Gasteiger partial charge in [0.1, 0.15) is 0 Å². The molecule has 2 aromatic carbocycles. The van der Waals surface area contributed by atoms with Crippen LogP contribution in [0.5, 0.6) is 0 Å². The first-order valence-corrected chi connectivity index (χ1v) is 9.41. The van der Waals surface area contributed by atoms with Gasteiger partial charge in [-0.15, -0.1) is 0 Å². The molecule has 0 saturated carbocycles. The second-order valence-electron chi connectivity index (χ2n) is 7.08. The van der Waals surface area contributed by atoms with Gasteiger partial charge in [-0.25, -0.2) is 0 Å². The lowest BCUT2D eigenvalue weighted by Crippen LogP contribution is -2.51. The molecule has 4 heteroatoms. The molecule has 3 rings (SSSR count). The Labute approximate surface area is 156 Å². The number of nitrogens with one attached hydrogen (secondary N) is 1. The molecule has 26 heavy (non-hydrogen) atoms. The zero-order chi connectivity index (χ0) is 18.4. The molecule has 2 aromatic rings. The molecule has 1 saturated heterocycles. The van der Waals surface area contributed by atoms with Crippen molar-refractivity contribution >= 4 is 5.91 Å². The molecule has 0 bridgehead atoms. The van der Waals surface area contributed by atoms with Crippen LogP contribution in [0.25, 0.3) is 11.1 Å². The van der Waals surface area contributed by atoms with E-state index in [1.165, 1.54) is 0 Å². The summed E-state index contributed by atoms with van der Waals surface area (Å²) in [7, 11) is 0. The maximum Gasteiger partial charge on any atom is 0.251 e. The van der Waals surface area contributed by atoms with Crippen LogP contribution in [0.1, 0.15) is 24.2 Å². The van der Waals surface area contributed by atoms with Crippen LogP contribution in [-0.4, -0.2) is 49.7 Å². The van der Waals surface area contributed by atoms with Gasteiger partial charge < -0.3 is 10.1 Å². The summed E-state index contributed by atoms with van der Waals surface area (Å²) in [6.07, 6.45) is 0. The molecule has 0 radical (unpaired) electrons. The van der Waals surface area contributed by atoms with Crippen LogP contribution in [0.4, 0.5) is 0 Å². The van der Waals surface area contributed by atoms with Crippen LogP contribution in [0, 0.1) is 5.92 Å². The zero-order valence-electron chi connectivity index (χ0n) is 15.7. The number of carbonyl (C=O) groups is 1. The fourth-order valence-electron chi connectivity index (χ4n) is 3.54. The van der Waals surface area contributed by atoms with Crippen LogP contribution in [-0.2, 0) is 4.74 Å². The van der Waals surface area contributed by atoms with Crippen LogP contribution >= 0.6 is 0 Å². The molecule has 1 aliphatic heterocycles. The molecule has 1 unspecified atom stereocenters. The first-order valence-electron chi connectivity index (χ1n) is 9.41. The van der Waals surface area contributed by atoms with Crippen molar-refractivity contribution in [2.75, 3.05) is 32.8 Å². The lowest BCUT2D eigenvalue weighted by Gasteiger charge is -2.37. The van der Waals surface area contributed by atoms with E-state index in [-0.39, 0.29) is 5.91 Å². The second kappa shape index (κ2) is 8.97. The third-order valence-corrected chi connectivity index (χ3v) is 5.01. The zero-order valence-corrected chi connectivity index (χ0v) is 15.7. The molecule has 1 heterocycles. The standard InChI is InChI=1S/C22H28N2O2/c1-17(2)21(24-12-14-26-15-13-24)16-23-22(25)20-11-7-6-10-19(20)18-8-4-3-5-9-18/h3-11,17,21H,12-16H2,1-2H3,(H,23,25). The molecule has 1 amide bonds. The molecule has 138 valence electrons. The summed E-state index contributed by atoms with van der Waals surface area (Å²) >= 11 is 0. The smallest absolute Gasteiger partial charge is 0.251 e. The van der Waals surface area contributed by atoms with Crippen molar-refractivity contribution in [1.29, 1.82) is 0 Å². The highest BCUT2D eigenvalue weighted by molar-refractivity contribution is 6.00. The minimum Gasteiger partial charge on any atom is -0.379 e. The number of nitrogens with zero attached hydrogens (tertiary/aromatic N) is 1. The third-order valence-electron chi connectivity index (χ3n) is 5.01. The number of amides is 1. The molecule has 1 fully saturated rings. The lowest BCUT2D eigenvalue weighted by atomic mass is 9.98. The van der Waals surface area contributed by atoms with Gasteiger partial charge in [-0.3, -0.25) is 9.69 Å². The summed E-state index contributed by atoms with van der Waals surface area (Å²) in [5.74, 6) is 0.459. The van der Waals surface area contributed by atoms with E-state index in [9.17, 15) is 4.79 Å². The van der Waals surface area contributed by atoms with Crippen molar-refractivity contribution in [3.05, 3.63) is 60.2 Å². The number of carbonyl (C=O) groups excluding carboxylic acids is 1. The molecule has 1 atom stereocenters. The quantitative estimate of drug-likeness (QED) is 0.866. The predicted molar refractivity (Wildman–Crippen MR) is 105 cm³/mol. The Bertz CT molecular complexity index is 709. The molecular formula is C22H28N2O2. The van der Waals surface area contributed by atoms with Crippen LogP contribution in [0.2, 0.25) is 0 Å². The highest BCUT2D eigenvalue weighted by Gasteiger charge is 2.24. The van der Waals surface area contributed by atoms with Crippen molar-refractivity contribution in [2.24, 2.45) is 5.92 Å². The molecule has 0 aromatic heterocycles. The van der Waals surface area contributed by atoms with Crippen molar-refractivity contribution in [3.8, 4) is 11.1 Å². The highest BCUT2D eigenvalue weighted by Crippen LogP contribution is 2.23. The average Bonchev–Trinajstić information content (AvgIpc) is 2.69. The minimum atomic E-state index is -0.0108. The van der Waals surface area contributed by atoms with Gasteiger partial charge in [-0.1, -0.05) is 62.4 Å². The Morgan fingerprint density at radius 1 is 1.04 bits per heavy atom. The Balaban J connectivity index is 1.72. The number of morpholine rings is 1. The van der Waals surface area contributed by atoms with E-state index < -0.39 is 0 Å². The van der Waals surface area contributed by atoms with Crippen molar-refractivity contribution in [3.63, 3.8) is 0 Å².